The fourth-order valence-corrected chi connectivity index (χ4v) is 1.61. The summed E-state index contributed by atoms with van der Waals surface area (Å²) >= 11 is 0. The van der Waals surface area contributed by atoms with Crippen LogP contribution in [0.15, 0.2) is 0 Å². The van der Waals surface area contributed by atoms with E-state index in [9.17, 15) is 0 Å². The van der Waals surface area contributed by atoms with Gasteiger partial charge in [0.2, 0.25) is 0 Å². The Bertz CT molecular complexity index is 79.6. The third-order valence-electron chi connectivity index (χ3n) is 2.37. The first-order chi connectivity index (χ1) is 5.29. The maximum atomic E-state index is 3.35. The highest BCUT2D eigenvalue weighted by molar-refractivity contribution is 4.73. The molecule has 0 aromatic rings. The van der Waals surface area contributed by atoms with Crippen molar-refractivity contribution in [2.45, 2.75) is 32.7 Å². The SMILES string of the molecule is CCC(CNC)C(CC)NC. The summed E-state index contributed by atoms with van der Waals surface area (Å²) in [5, 5.41) is 6.58. The minimum absolute atomic E-state index is 0.674. The zero-order chi connectivity index (χ0) is 8.69. The Kier molecular flexibility index (Phi) is 6.57. The van der Waals surface area contributed by atoms with Crippen LogP contribution in [0.1, 0.15) is 26.7 Å². The van der Waals surface area contributed by atoms with Gasteiger partial charge >= 0.3 is 0 Å². The molecule has 0 spiro atoms. The van der Waals surface area contributed by atoms with E-state index in [0.717, 1.165) is 12.5 Å². The lowest BCUT2D eigenvalue weighted by atomic mass is 9.95. The van der Waals surface area contributed by atoms with Crippen molar-refractivity contribution in [2.75, 3.05) is 20.6 Å². The number of nitrogens with one attached hydrogen (secondary N) is 2. The molecule has 0 aromatic carbocycles. The number of hydrogen-bond donors (Lipinski definition) is 2. The molecular weight excluding hydrogens is 136 g/mol. The standard InChI is InChI=1S/C9H22N2/c1-5-8(7-10-3)9(6-2)11-4/h8-11H,5-7H2,1-4H3. The molecule has 0 radical (unpaired) electrons. The van der Waals surface area contributed by atoms with Crippen LogP contribution in [0.3, 0.4) is 0 Å². The molecule has 0 aliphatic heterocycles. The highest BCUT2D eigenvalue weighted by Crippen LogP contribution is 2.09. The summed E-state index contributed by atoms with van der Waals surface area (Å²) in [5.41, 5.74) is 0. The van der Waals surface area contributed by atoms with Crippen LogP contribution in [-0.2, 0) is 0 Å². The van der Waals surface area contributed by atoms with E-state index in [1.54, 1.807) is 0 Å². The largest absolute Gasteiger partial charge is 0.319 e. The Morgan fingerprint density at radius 2 is 1.73 bits per heavy atom. The van der Waals surface area contributed by atoms with Crippen LogP contribution in [-0.4, -0.2) is 26.7 Å². The average molecular weight is 158 g/mol. The van der Waals surface area contributed by atoms with Gasteiger partial charge in [-0.05, 0) is 33.0 Å². The molecule has 0 fully saturated rings. The Morgan fingerprint density at radius 1 is 1.09 bits per heavy atom. The molecule has 0 aromatic heterocycles. The van der Waals surface area contributed by atoms with Crippen LogP contribution in [0.5, 0.6) is 0 Å². The van der Waals surface area contributed by atoms with Gasteiger partial charge in [0.05, 0.1) is 0 Å². The van der Waals surface area contributed by atoms with Crippen LogP contribution in [0.2, 0.25) is 0 Å². The van der Waals surface area contributed by atoms with Crippen LogP contribution in [0.4, 0.5) is 0 Å². The van der Waals surface area contributed by atoms with E-state index in [2.05, 4.69) is 24.5 Å². The van der Waals surface area contributed by atoms with Crippen molar-refractivity contribution in [3.8, 4) is 0 Å². The van der Waals surface area contributed by atoms with E-state index < -0.39 is 0 Å². The molecule has 11 heavy (non-hydrogen) atoms. The monoisotopic (exact) mass is 158 g/mol. The second-order valence-corrected chi connectivity index (χ2v) is 3.03. The molecule has 68 valence electrons. The molecule has 0 saturated carbocycles. The van der Waals surface area contributed by atoms with Crippen molar-refractivity contribution >= 4 is 0 Å². The summed E-state index contributed by atoms with van der Waals surface area (Å²) in [6.07, 6.45) is 2.47. The predicted molar refractivity (Wildman–Crippen MR) is 50.8 cm³/mol. The first-order valence-electron chi connectivity index (χ1n) is 4.61. The van der Waals surface area contributed by atoms with E-state index in [-0.39, 0.29) is 0 Å². The molecule has 0 aliphatic rings. The smallest absolute Gasteiger partial charge is 0.0102 e. The van der Waals surface area contributed by atoms with E-state index in [1.165, 1.54) is 12.8 Å². The third kappa shape index (κ3) is 3.73. The molecule has 2 nitrogen and oxygen atoms in total. The zero-order valence-corrected chi connectivity index (χ0v) is 8.28. The lowest BCUT2D eigenvalue weighted by Gasteiger charge is -2.24. The van der Waals surface area contributed by atoms with Crippen LogP contribution in [0.25, 0.3) is 0 Å². The van der Waals surface area contributed by atoms with Crippen molar-refractivity contribution in [3.63, 3.8) is 0 Å². The van der Waals surface area contributed by atoms with Gasteiger partial charge in [0.25, 0.3) is 0 Å². The van der Waals surface area contributed by atoms with E-state index in [1.807, 2.05) is 14.1 Å². The van der Waals surface area contributed by atoms with E-state index in [4.69, 9.17) is 0 Å². The van der Waals surface area contributed by atoms with E-state index >= 15 is 0 Å². The lowest BCUT2D eigenvalue weighted by Crippen LogP contribution is -2.37. The summed E-state index contributed by atoms with van der Waals surface area (Å²) in [4.78, 5) is 0. The molecule has 2 N–H and O–H groups in total. The molecule has 2 unspecified atom stereocenters. The van der Waals surface area contributed by atoms with E-state index in [0.29, 0.717) is 6.04 Å². The Morgan fingerprint density at radius 3 is 2.00 bits per heavy atom. The Labute approximate surface area is 70.8 Å². The molecule has 2 atom stereocenters. The minimum Gasteiger partial charge on any atom is -0.319 e. The number of rotatable bonds is 6. The molecule has 0 bridgehead atoms. The van der Waals surface area contributed by atoms with Gasteiger partial charge in [-0.2, -0.15) is 0 Å². The molecule has 0 rings (SSSR count). The van der Waals surface area contributed by atoms with Crippen LogP contribution < -0.4 is 10.6 Å². The van der Waals surface area contributed by atoms with Gasteiger partial charge in [-0.25, -0.2) is 0 Å². The third-order valence-corrected chi connectivity index (χ3v) is 2.37. The first kappa shape index (κ1) is 10.9. The van der Waals surface area contributed by atoms with Crippen LogP contribution >= 0.6 is 0 Å². The number of hydrogen-bond acceptors (Lipinski definition) is 2. The molecule has 2 heteroatoms. The van der Waals surface area contributed by atoms with Gasteiger partial charge < -0.3 is 10.6 Å². The van der Waals surface area contributed by atoms with Gasteiger partial charge in [0.15, 0.2) is 0 Å². The highest BCUT2D eigenvalue weighted by atomic mass is 14.9. The first-order valence-corrected chi connectivity index (χ1v) is 4.61. The molecule has 0 saturated heterocycles. The maximum Gasteiger partial charge on any atom is 0.0102 e. The second-order valence-electron chi connectivity index (χ2n) is 3.03. The summed E-state index contributed by atoms with van der Waals surface area (Å²) < 4.78 is 0. The van der Waals surface area contributed by atoms with Gasteiger partial charge in [-0.15, -0.1) is 0 Å². The topological polar surface area (TPSA) is 24.1 Å². The average Bonchev–Trinajstić information content (AvgIpc) is 2.05. The fourth-order valence-electron chi connectivity index (χ4n) is 1.61. The normalized spacial score (nSPS) is 16.4. The van der Waals surface area contributed by atoms with Crippen molar-refractivity contribution in [1.29, 1.82) is 0 Å². The second kappa shape index (κ2) is 6.62. The van der Waals surface area contributed by atoms with Gasteiger partial charge in [0, 0.05) is 6.04 Å². The van der Waals surface area contributed by atoms with Gasteiger partial charge in [-0.1, -0.05) is 20.3 Å². The van der Waals surface area contributed by atoms with Crippen molar-refractivity contribution in [1.82, 2.24) is 10.6 Å². The molecular formula is C9H22N2. The predicted octanol–water partition coefficient (Wildman–Crippen LogP) is 1.23. The Balaban J connectivity index is 3.76. The fraction of sp³-hybridized carbons (Fsp3) is 1.00. The van der Waals surface area contributed by atoms with Gasteiger partial charge in [0.1, 0.15) is 0 Å². The minimum atomic E-state index is 0.674. The maximum absolute atomic E-state index is 3.35. The quantitative estimate of drug-likeness (QED) is 0.607. The summed E-state index contributed by atoms with van der Waals surface area (Å²) in [5.74, 6) is 0.773. The molecule has 0 amide bonds. The summed E-state index contributed by atoms with van der Waals surface area (Å²) in [6, 6.07) is 0.674. The lowest BCUT2D eigenvalue weighted by molar-refractivity contribution is 0.344. The summed E-state index contributed by atoms with van der Waals surface area (Å²) in [7, 11) is 4.07. The summed E-state index contributed by atoms with van der Waals surface area (Å²) in [6.45, 7) is 5.61. The van der Waals surface area contributed by atoms with Crippen LogP contribution in [0, 0.1) is 5.92 Å². The van der Waals surface area contributed by atoms with Crippen molar-refractivity contribution in [3.05, 3.63) is 0 Å². The highest BCUT2D eigenvalue weighted by Gasteiger charge is 2.14. The molecule has 0 heterocycles. The van der Waals surface area contributed by atoms with Crippen molar-refractivity contribution < 1.29 is 0 Å². The molecule has 0 aliphatic carbocycles. The van der Waals surface area contributed by atoms with Crippen molar-refractivity contribution in [2.24, 2.45) is 5.92 Å². The Hall–Kier alpha value is -0.0800. The van der Waals surface area contributed by atoms with Gasteiger partial charge in [-0.3, -0.25) is 0 Å². The zero-order valence-electron chi connectivity index (χ0n) is 8.28.